The summed E-state index contributed by atoms with van der Waals surface area (Å²) in [6, 6.07) is 15.2. The molecule has 0 aromatic heterocycles. The molecule has 1 heterocycles. The standard InChI is InChI=1S/C17H18N2O2/c1-2-19-14-8-3-4-9-15(14)21-16(17(19)20)11-12-6-5-7-13(18)10-12/h3-10,16H,2,11,18H2,1H3. The van der Waals surface area contributed by atoms with E-state index in [1.54, 1.807) is 4.90 Å². The highest BCUT2D eigenvalue weighted by atomic mass is 16.5. The summed E-state index contributed by atoms with van der Waals surface area (Å²) in [5.41, 5.74) is 8.33. The molecule has 2 N–H and O–H groups in total. The second kappa shape index (κ2) is 5.48. The van der Waals surface area contributed by atoms with E-state index in [0.717, 1.165) is 17.0 Å². The van der Waals surface area contributed by atoms with Crippen LogP contribution >= 0.6 is 0 Å². The van der Waals surface area contributed by atoms with E-state index >= 15 is 0 Å². The first-order valence-corrected chi connectivity index (χ1v) is 7.10. The van der Waals surface area contributed by atoms with E-state index in [9.17, 15) is 4.79 Å². The Morgan fingerprint density at radius 3 is 2.76 bits per heavy atom. The number of benzene rings is 2. The van der Waals surface area contributed by atoms with E-state index in [-0.39, 0.29) is 5.91 Å². The lowest BCUT2D eigenvalue weighted by atomic mass is 10.0. The molecule has 1 amide bonds. The fourth-order valence-electron chi connectivity index (χ4n) is 2.67. The van der Waals surface area contributed by atoms with Gasteiger partial charge in [0.15, 0.2) is 6.10 Å². The van der Waals surface area contributed by atoms with Gasteiger partial charge in [-0.25, -0.2) is 0 Å². The number of likely N-dealkylation sites (N-methyl/N-ethyl adjacent to an activating group) is 1. The second-order valence-corrected chi connectivity index (χ2v) is 5.11. The summed E-state index contributed by atoms with van der Waals surface area (Å²) in [5.74, 6) is 0.756. The minimum absolute atomic E-state index is 0.00127. The predicted molar refractivity (Wildman–Crippen MR) is 83.4 cm³/mol. The van der Waals surface area contributed by atoms with Gasteiger partial charge in [0, 0.05) is 18.7 Å². The molecule has 4 nitrogen and oxygen atoms in total. The van der Waals surface area contributed by atoms with Crippen LogP contribution in [0.5, 0.6) is 5.75 Å². The van der Waals surface area contributed by atoms with Gasteiger partial charge in [-0.1, -0.05) is 24.3 Å². The minimum Gasteiger partial charge on any atom is -0.478 e. The smallest absolute Gasteiger partial charge is 0.268 e. The first-order valence-electron chi connectivity index (χ1n) is 7.10. The van der Waals surface area contributed by atoms with Crippen LogP contribution in [-0.2, 0) is 11.2 Å². The van der Waals surface area contributed by atoms with Gasteiger partial charge in [0.2, 0.25) is 0 Å². The van der Waals surface area contributed by atoms with Crippen molar-refractivity contribution in [2.75, 3.05) is 17.2 Å². The van der Waals surface area contributed by atoms with Crippen LogP contribution in [0.1, 0.15) is 12.5 Å². The minimum atomic E-state index is -0.498. The zero-order chi connectivity index (χ0) is 14.8. The van der Waals surface area contributed by atoms with Crippen LogP contribution in [0.2, 0.25) is 0 Å². The summed E-state index contributed by atoms with van der Waals surface area (Å²) in [6.07, 6.45) is 0.0241. The van der Waals surface area contributed by atoms with Crippen molar-refractivity contribution in [3.63, 3.8) is 0 Å². The quantitative estimate of drug-likeness (QED) is 0.880. The number of carbonyl (C=O) groups is 1. The Morgan fingerprint density at radius 1 is 1.19 bits per heavy atom. The highest BCUT2D eigenvalue weighted by molar-refractivity contribution is 6.00. The first kappa shape index (κ1) is 13.5. The van der Waals surface area contributed by atoms with Crippen LogP contribution < -0.4 is 15.4 Å². The number of para-hydroxylation sites is 2. The monoisotopic (exact) mass is 282 g/mol. The Hall–Kier alpha value is -2.49. The molecule has 2 aromatic rings. The molecule has 1 unspecified atom stereocenters. The van der Waals surface area contributed by atoms with Crippen molar-refractivity contribution >= 4 is 17.3 Å². The Kier molecular flexibility index (Phi) is 3.52. The lowest BCUT2D eigenvalue weighted by Gasteiger charge is -2.33. The van der Waals surface area contributed by atoms with Crippen molar-refractivity contribution in [2.45, 2.75) is 19.4 Å². The molecule has 21 heavy (non-hydrogen) atoms. The zero-order valence-corrected chi connectivity index (χ0v) is 12.0. The molecule has 1 atom stereocenters. The number of anilines is 2. The topological polar surface area (TPSA) is 55.6 Å². The molecule has 1 aliphatic rings. The number of amides is 1. The third-order valence-electron chi connectivity index (χ3n) is 3.66. The van der Waals surface area contributed by atoms with Crippen LogP contribution in [-0.4, -0.2) is 18.6 Å². The van der Waals surface area contributed by atoms with Crippen LogP contribution in [0.15, 0.2) is 48.5 Å². The van der Waals surface area contributed by atoms with E-state index < -0.39 is 6.10 Å². The van der Waals surface area contributed by atoms with Gasteiger partial charge in [-0.15, -0.1) is 0 Å². The van der Waals surface area contributed by atoms with Gasteiger partial charge < -0.3 is 15.4 Å². The molecule has 0 saturated carbocycles. The van der Waals surface area contributed by atoms with E-state index in [4.69, 9.17) is 10.5 Å². The second-order valence-electron chi connectivity index (χ2n) is 5.11. The molecule has 108 valence electrons. The van der Waals surface area contributed by atoms with E-state index in [0.29, 0.717) is 18.7 Å². The number of carbonyl (C=O) groups excluding carboxylic acids is 1. The van der Waals surface area contributed by atoms with Gasteiger partial charge in [0.1, 0.15) is 5.75 Å². The summed E-state index contributed by atoms with van der Waals surface area (Å²) >= 11 is 0. The van der Waals surface area contributed by atoms with Crippen LogP contribution in [0.4, 0.5) is 11.4 Å². The maximum Gasteiger partial charge on any atom is 0.268 e. The van der Waals surface area contributed by atoms with E-state index in [1.165, 1.54) is 0 Å². The van der Waals surface area contributed by atoms with Gasteiger partial charge >= 0.3 is 0 Å². The highest BCUT2D eigenvalue weighted by Gasteiger charge is 2.33. The lowest BCUT2D eigenvalue weighted by molar-refractivity contribution is -0.126. The fourth-order valence-corrected chi connectivity index (χ4v) is 2.67. The number of hydrogen-bond acceptors (Lipinski definition) is 3. The maximum absolute atomic E-state index is 12.6. The molecule has 0 aliphatic carbocycles. The van der Waals surface area contributed by atoms with Gasteiger partial charge in [0.05, 0.1) is 5.69 Å². The number of ether oxygens (including phenoxy) is 1. The summed E-state index contributed by atoms with van der Waals surface area (Å²) in [5, 5.41) is 0. The van der Waals surface area contributed by atoms with Crippen molar-refractivity contribution in [2.24, 2.45) is 0 Å². The largest absolute Gasteiger partial charge is 0.478 e. The maximum atomic E-state index is 12.6. The SMILES string of the molecule is CCN1C(=O)C(Cc2cccc(N)c2)Oc2ccccc21. The molecule has 2 aromatic carbocycles. The van der Waals surface area contributed by atoms with E-state index in [2.05, 4.69) is 0 Å². The fraction of sp³-hybridized carbons (Fsp3) is 0.235. The van der Waals surface area contributed by atoms with Gasteiger partial charge in [-0.2, -0.15) is 0 Å². The third kappa shape index (κ3) is 2.57. The molecule has 0 bridgehead atoms. The number of nitrogens with zero attached hydrogens (tertiary/aromatic N) is 1. The van der Waals surface area contributed by atoms with Crippen molar-refractivity contribution in [3.05, 3.63) is 54.1 Å². The number of fused-ring (bicyclic) bond motifs is 1. The summed E-state index contributed by atoms with van der Waals surface area (Å²) in [4.78, 5) is 14.4. The summed E-state index contributed by atoms with van der Waals surface area (Å²) in [7, 11) is 0. The highest BCUT2D eigenvalue weighted by Crippen LogP contribution is 2.34. The van der Waals surface area contributed by atoms with E-state index in [1.807, 2.05) is 55.5 Å². The molecular weight excluding hydrogens is 264 g/mol. The van der Waals surface area contributed by atoms with Gasteiger partial charge in [-0.05, 0) is 36.8 Å². The van der Waals surface area contributed by atoms with Gasteiger partial charge in [-0.3, -0.25) is 4.79 Å². The Bertz CT molecular complexity index is 669. The zero-order valence-electron chi connectivity index (χ0n) is 12.0. The molecule has 0 saturated heterocycles. The molecule has 1 aliphatic heterocycles. The van der Waals surface area contributed by atoms with Crippen LogP contribution in [0, 0.1) is 0 Å². The Balaban J connectivity index is 1.89. The first-order chi connectivity index (χ1) is 10.2. The normalized spacial score (nSPS) is 17.3. The summed E-state index contributed by atoms with van der Waals surface area (Å²) < 4.78 is 5.89. The molecule has 4 heteroatoms. The van der Waals surface area contributed by atoms with Crippen molar-refractivity contribution in [1.82, 2.24) is 0 Å². The number of nitrogens with two attached hydrogens (primary N) is 1. The number of hydrogen-bond donors (Lipinski definition) is 1. The average Bonchev–Trinajstić information content (AvgIpc) is 2.48. The summed E-state index contributed by atoms with van der Waals surface area (Å²) in [6.45, 7) is 2.60. The number of rotatable bonds is 3. The Labute approximate surface area is 124 Å². The predicted octanol–water partition coefficient (Wildman–Crippen LogP) is 2.63. The average molecular weight is 282 g/mol. The molecule has 0 spiro atoms. The lowest BCUT2D eigenvalue weighted by Crippen LogP contribution is -2.46. The third-order valence-corrected chi connectivity index (χ3v) is 3.66. The van der Waals surface area contributed by atoms with Crippen LogP contribution in [0.25, 0.3) is 0 Å². The van der Waals surface area contributed by atoms with Crippen molar-refractivity contribution in [1.29, 1.82) is 0 Å². The van der Waals surface area contributed by atoms with Crippen LogP contribution in [0.3, 0.4) is 0 Å². The molecule has 3 rings (SSSR count). The number of nitrogen functional groups attached to an aromatic ring is 1. The van der Waals surface area contributed by atoms with Crippen molar-refractivity contribution in [3.8, 4) is 5.75 Å². The molecule has 0 radical (unpaired) electrons. The van der Waals surface area contributed by atoms with Crippen molar-refractivity contribution < 1.29 is 9.53 Å². The molecule has 0 fully saturated rings. The Morgan fingerprint density at radius 2 is 2.00 bits per heavy atom. The van der Waals surface area contributed by atoms with Gasteiger partial charge in [0.25, 0.3) is 5.91 Å². The molecular formula is C17H18N2O2.